The third kappa shape index (κ3) is 4.68. The lowest BCUT2D eigenvalue weighted by atomic mass is 9.97. The zero-order valence-corrected chi connectivity index (χ0v) is 18.3. The van der Waals surface area contributed by atoms with Crippen molar-refractivity contribution in [3.63, 3.8) is 0 Å². The summed E-state index contributed by atoms with van der Waals surface area (Å²) in [7, 11) is 3.30. The van der Waals surface area contributed by atoms with E-state index in [1.807, 2.05) is 65.6 Å². The van der Waals surface area contributed by atoms with E-state index >= 15 is 0 Å². The number of anilines is 1. The Labute approximate surface area is 187 Å². The first-order chi connectivity index (χ1) is 15.1. The molecule has 0 bridgehead atoms. The van der Waals surface area contributed by atoms with Crippen molar-refractivity contribution >= 4 is 23.2 Å². The van der Waals surface area contributed by atoms with E-state index in [0.717, 1.165) is 28.3 Å². The van der Waals surface area contributed by atoms with Gasteiger partial charge in [0.1, 0.15) is 11.5 Å². The molecule has 3 aromatic carbocycles. The molecule has 1 saturated heterocycles. The number of nitrogens with one attached hydrogen (secondary N) is 1. The normalized spacial score (nSPS) is 16.1. The van der Waals surface area contributed by atoms with Crippen LogP contribution in [0.3, 0.4) is 0 Å². The fourth-order valence-electron chi connectivity index (χ4n) is 3.94. The Kier molecular flexibility index (Phi) is 6.44. The molecule has 1 unspecified atom stereocenters. The number of carbonyl (C=O) groups excluding carboxylic acids is 1. The van der Waals surface area contributed by atoms with Gasteiger partial charge in [0.2, 0.25) is 5.91 Å². The van der Waals surface area contributed by atoms with Gasteiger partial charge in [-0.05, 0) is 66.1 Å². The van der Waals surface area contributed by atoms with Crippen LogP contribution in [0.25, 0.3) is 0 Å². The van der Waals surface area contributed by atoms with Gasteiger partial charge in [0.25, 0.3) is 0 Å². The second-order valence-corrected chi connectivity index (χ2v) is 7.90. The average Bonchev–Trinajstić information content (AvgIpc) is 3.18. The molecule has 1 heterocycles. The molecule has 1 amide bonds. The summed E-state index contributed by atoms with van der Waals surface area (Å²) in [4.78, 5) is 15.0. The number of rotatable bonds is 7. The van der Waals surface area contributed by atoms with Crippen molar-refractivity contribution in [1.29, 1.82) is 0 Å². The number of ether oxygens (including phenoxy) is 2. The third-order valence-corrected chi connectivity index (χ3v) is 5.82. The molecule has 4 rings (SSSR count). The number of hydrogen-bond donors (Lipinski definition) is 1. The molecule has 3 aromatic rings. The molecular weight excluding hydrogens is 412 g/mol. The number of nitrogens with zero attached hydrogens (tertiary/aromatic N) is 1. The van der Waals surface area contributed by atoms with Gasteiger partial charge in [-0.1, -0.05) is 35.9 Å². The van der Waals surface area contributed by atoms with E-state index in [-0.39, 0.29) is 18.0 Å². The van der Waals surface area contributed by atoms with Crippen molar-refractivity contribution in [2.75, 3.05) is 25.7 Å². The fourth-order valence-corrected chi connectivity index (χ4v) is 4.07. The van der Waals surface area contributed by atoms with Gasteiger partial charge in [0.15, 0.2) is 0 Å². The molecule has 5 nitrogen and oxygen atoms in total. The summed E-state index contributed by atoms with van der Waals surface area (Å²) in [6.45, 7) is 0.654. The summed E-state index contributed by atoms with van der Waals surface area (Å²) in [5, 5.41) is 4.24. The second kappa shape index (κ2) is 9.41. The van der Waals surface area contributed by atoms with Crippen molar-refractivity contribution in [2.24, 2.45) is 0 Å². The van der Waals surface area contributed by atoms with Crippen molar-refractivity contribution < 1.29 is 14.3 Å². The summed E-state index contributed by atoms with van der Waals surface area (Å²) >= 11 is 6.00. The van der Waals surface area contributed by atoms with Gasteiger partial charge in [-0.2, -0.15) is 0 Å². The average molecular weight is 437 g/mol. The molecule has 1 fully saturated rings. The first kappa shape index (κ1) is 21.2. The van der Waals surface area contributed by atoms with Crippen LogP contribution in [-0.2, 0) is 4.79 Å². The molecule has 1 aliphatic heterocycles. The Balaban J connectivity index is 1.63. The van der Waals surface area contributed by atoms with Crippen LogP contribution in [0.5, 0.6) is 11.5 Å². The maximum atomic E-state index is 13.2. The zero-order chi connectivity index (χ0) is 21.8. The maximum absolute atomic E-state index is 13.2. The van der Waals surface area contributed by atoms with Crippen LogP contribution in [0.15, 0.2) is 72.8 Å². The minimum Gasteiger partial charge on any atom is -0.497 e. The summed E-state index contributed by atoms with van der Waals surface area (Å²) in [5.41, 5.74) is 2.90. The van der Waals surface area contributed by atoms with Crippen LogP contribution in [0.4, 0.5) is 5.69 Å². The summed E-state index contributed by atoms with van der Waals surface area (Å²) < 4.78 is 10.8. The predicted molar refractivity (Wildman–Crippen MR) is 123 cm³/mol. The van der Waals surface area contributed by atoms with Gasteiger partial charge in [0, 0.05) is 17.3 Å². The molecular formula is C25H25ClN2O3. The van der Waals surface area contributed by atoms with E-state index < -0.39 is 0 Å². The van der Waals surface area contributed by atoms with E-state index in [1.54, 1.807) is 26.4 Å². The number of benzene rings is 3. The van der Waals surface area contributed by atoms with Crippen molar-refractivity contribution in [1.82, 2.24) is 5.32 Å². The molecule has 0 aromatic heterocycles. The lowest BCUT2D eigenvalue weighted by molar-refractivity contribution is -0.118. The Bertz CT molecular complexity index is 1010. The Hall–Kier alpha value is -3.02. The van der Waals surface area contributed by atoms with Gasteiger partial charge in [-0.25, -0.2) is 0 Å². The number of hydrogen-bond acceptors (Lipinski definition) is 4. The summed E-state index contributed by atoms with van der Waals surface area (Å²) in [6, 6.07) is 22.7. The van der Waals surface area contributed by atoms with Crippen LogP contribution >= 0.6 is 11.6 Å². The minimum atomic E-state index is -0.307. The maximum Gasteiger partial charge on any atom is 0.244 e. The first-order valence-corrected chi connectivity index (χ1v) is 10.6. The van der Waals surface area contributed by atoms with Gasteiger partial charge in [-0.15, -0.1) is 0 Å². The highest BCUT2D eigenvalue weighted by atomic mass is 35.5. The Morgan fingerprint density at radius 3 is 2.06 bits per heavy atom. The number of carbonyl (C=O) groups is 1. The minimum absolute atomic E-state index is 0.0538. The van der Waals surface area contributed by atoms with Crippen LogP contribution in [0.2, 0.25) is 5.02 Å². The largest absolute Gasteiger partial charge is 0.497 e. The summed E-state index contributed by atoms with van der Waals surface area (Å²) in [6.07, 6.45) is 0.714. The Morgan fingerprint density at radius 2 is 1.52 bits per heavy atom. The third-order valence-electron chi connectivity index (χ3n) is 5.57. The van der Waals surface area contributed by atoms with Crippen molar-refractivity contribution in [3.05, 3.63) is 88.9 Å². The zero-order valence-electron chi connectivity index (χ0n) is 17.5. The highest BCUT2D eigenvalue weighted by molar-refractivity contribution is 6.30. The monoisotopic (exact) mass is 436 g/mol. The molecule has 160 valence electrons. The topological polar surface area (TPSA) is 50.8 Å². The number of halogens is 1. The molecule has 0 saturated carbocycles. The standard InChI is InChI=1S/C25H25ClN2O3/c1-30-21-7-3-5-17(15-21)24(18-6-4-8-22(16-18)31-2)27-23-13-14-28(25(23)29)20-11-9-19(26)10-12-20/h3-12,15-16,23-24,27H,13-14H2,1-2H3. The molecule has 1 aliphatic rings. The highest BCUT2D eigenvalue weighted by Gasteiger charge is 2.34. The second-order valence-electron chi connectivity index (χ2n) is 7.46. The van der Waals surface area contributed by atoms with E-state index in [1.165, 1.54) is 0 Å². The molecule has 0 aliphatic carbocycles. The summed E-state index contributed by atoms with van der Waals surface area (Å²) in [5.74, 6) is 1.60. The van der Waals surface area contributed by atoms with Crippen LogP contribution in [0.1, 0.15) is 23.6 Å². The van der Waals surface area contributed by atoms with E-state index in [0.29, 0.717) is 18.0 Å². The van der Waals surface area contributed by atoms with Crippen molar-refractivity contribution in [2.45, 2.75) is 18.5 Å². The lowest BCUT2D eigenvalue weighted by Crippen LogP contribution is -2.40. The van der Waals surface area contributed by atoms with Crippen molar-refractivity contribution in [3.8, 4) is 11.5 Å². The highest BCUT2D eigenvalue weighted by Crippen LogP contribution is 2.30. The van der Waals surface area contributed by atoms with Gasteiger partial charge < -0.3 is 14.4 Å². The molecule has 1 atom stereocenters. The van der Waals surface area contributed by atoms with Gasteiger partial charge >= 0.3 is 0 Å². The van der Waals surface area contributed by atoms with Crippen LogP contribution in [0, 0.1) is 0 Å². The quantitative estimate of drug-likeness (QED) is 0.575. The van der Waals surface area contributed by atoms with Gasteiger partial charge in [0.05, 0.1) is 26.3 Å². The first-order valence-electron chi connectivity index (χ1n) is 10.2. The Morgan fingerprint density at radius 1 is 0.935 bits per heavy atom. The molecule has 1 N–H and O–H groups in total. The molecule has 6 heteroatoms. The smallest absolute Gasteiger partial charge is 0.244 e. The lowest BCUT2D eigenvalue weighted by Gasteiger charge is -2.24. The van der Waals surface area contributed by atoms with E-state index in [9.17, 15) is 4.79 Å². The van der Waals surface area contributed by atoms with Crippen LogP contribution < -0.4 is 19.7 Å². The van der Waals surface area contributed by atoms with Crippen LogP contribution in [-0.4, -0.2) is 32.7 Å². The fraction of sp³-hybridized carbons (Fsp3) is 0.240. The molecule has 0 spiro atoms. The predicted octanol–water partition coefficient (Wildman–Crippen LogP) is 4.84. The van der Waals surface area contributed by atoms with Gasteiger partial charge in [-0.3, -0.25) is 10.1 Å². The number of amides is 1. The van der Waals surface area contributed by atoms with E-state index in [4.69, 9.17) is 21.1 Å². The molecule has 31 heavy (non-hydrogen) atoms. The number of methoxy groups -OCH3 is 2. The molecule has 0 radical (unpaired) electrons. The van der Waals surface area contributed by atoms with E-state index in [2.05, 4.69) is 5.32 Å². The SMILES string of the molecule is COc1cccc(C(NC2CCN(c3ccc(Cl)cc3)C2=O)c2cccc(OC)c2)c1.